The summed E-state index contributed by atoms with van der Waals surface area (Å²) in [4.78, 5) is 4.58. The van der Waals surface area contributed by atoms with E-state index in [2.05, 4.69) is 32.8 Å². The largest absolute Gasteiger partial charge is 0.385 e. The van der Waals surface area contributed by atoms with Gasteiger partial charge in [-0.05, 0) is 31.9 Å². The fourth-order valence-corrected chi connectivity index (χ4v) is 3.65. The molecule has 1 aliphatic heterocycles. The van der Waals surface area contributed by atoms with Crippen LogP contribution in [0, 0.1) is 6.92 Å². The van der Waals surface area contributed by atoms with Gasteiger partial charge in [0.05, 0.1) is 5.69 Å². The molecule has 4 nitrogen and oxygen atoms in total. The Morgan fingerprint density at radius 1 is 1.53 bits per heavy atom. The van der Waals surface area contributed by atoms with Gasteiger partial charge in [0.2, 0.25) is 5.95 Å². The number of nitrogens with one attached hydrogen (secondary N) is 1. The summed E-state index contributed by atoms with van der Waals surface area (Å²) >= 11 is 2.10. The van der Waals surface area contributed by atoms with Gasteiger partial charge in [-0.3, -0.25) is 0 Å². The zero-order chi connectivity index (χ0) is 13.5. The molecule has 1 aromatic heterocycles. The number of methoxy groups -OCH3 is 1. The number of aryl methyl sites for hydroxylation is 2. The van der Waals surface area contributed by atoms with Crippen LogP contribution in [0.2, 0.25) is 0 Å². The third kappa shape index (κ3) is 4.73. The molecule has 108 valence electrons. The Morgan fingerprint density at radius 3 is 3.16 bits per heavy atom. The molecule has 0 aromatic carbocycles. The van der Waals surface area contributed by atoms with Gasteiger partial charge in [-0.15, -0.1) is 0 Å². The van der Waals surface area contributed by atoms with Crippen molar-refractivity contribution < 1.29 is 4.74 Å². The molecule has 1 fully saturated rings. The molecule has 2 rings (SSSR count). The Bertz CT molecular complexity index is 375. The molecule has 0 aliphatic carbocycles. The first-order valence-electron chi connectivity index (χ1n) is 7.18. The van der Waals surface area contributed by atoms with E-state index in [1.807, 2.05) is 6.92 Å². The van der Waals surface area contributed by atoms with E-state index in [0.29, 0.717) is 0 Å². The Morgan fingerprint density at radius 2 is 2.42 bits per heavy atom. The van der Waals surface area contributed by atoms with E-state index in [0.717, 1.165) is 43.0 Å². The zero-order valence-corrected chi connectivity index (χ0v) is 12.8. The first-order chi connectivity index (χ1) is 9.29. The number of anilines is 1. The summed E-state index contributed by atoms with van der Waals surface area (Å²) in [5.41, 5.74) is 1.08. The first-order valence-corrected chi connectivity index (χ1v) is 8.22. The van der Waals surface area contributed by atoms with Crippen molar-refractivity contribution in [1.29, 1.82) is 0 Å². The monoisotopic (exact) mass is 283 g/mol. The number of rotatable bonds is 7. The smallest absolute Gasteiger partial charge is 0.203 e. The molecule has 1 aliphatic rings. The minimum Gasteiger partial charge on any atom is -0.385 e. The lowest BCUT2D eigenvalue weighted by Gasteiger charge is -2.21. The lowest BCUT2D eigenvalue weighted by Crippen LogP contribution is -2.21. The number of nitrogens with zero attached hydrogens (tertiary/aromatic N) is 2. The fourth-order valence-electron chi connectivity index (χ4n) is 2.41. The van der Waals surface area contributed by atoms with Crippen molar-refractivity contribution >= 4 is 17.7 Å². The number of hydrogen-bond acceptors (Lipinski definition) is 4. The number of aromatic nitrogens is 2. The normalized spacial score (nSPS) is 19.6. The summed E-state index contributed by atoms with van der Waals surface area (Å²) in [7, 11) is 1.75. The van der Waals surface area contributed by atoms with Crippen LogP contribution in [0.1, 0.15) is 31.4 Å². The van der Waals surface area contributed by atoms with Crippen LogP contribution in [-0.2, 0) is 11.3 Å². The van der Waals surface area contributed by atoms with E-state index in [9.17, 15) is 0 Å². The summed E-state index contributed by atoms with van der Waals surface area (Å²) in [6, 6.07) is 0. The maximum absolute atomic E-state index is 5.11. The van der Waals surface area contributed by atoms with Crippen LogP contribution in [0.5, 0.6) is 0 Å². The van der Waals surface area contributed by atoms with Crippen molar-refractivity contribution in [3.8, 4) is 0 Å². The van der Waals surface area contributed by atoms with E-state index in [1.165, 1.54) is 25.0 Å². The highest BCUT2D eigenvalue weighted by atomic mass is 32.2. The molecule has 0 amide bonds. The average molecular weight is 283 g/mol. The summed E-state index contributed by atoms with van der Waals surface area (Å²) in [6.07, 6.45) is 7.23. The standard InChI is InChI=1S/C14H25N3OS/c1-12-11-17(7-5-8-18-2)14(16-12)15-10-13-6-3-4-9-19-13/h11,13H,3-10H2,1-2H3,(H,15,16). The van der Waals surface area contributed by atoms with Crippen molar-refractivity contribution in [3.63, 3.8) is 0 Å². The Hall–Kier alpha value is -0.680. The molecular weight excluding hydrogens is 258 g/mol. The summed E-state index contributed by atoms with van der Waals surface area (Å²) in [6.45, 7) is 4.85. The zero-order valence-electron chi connectivity index (χ0n) is 12.0. The number of hydrogen-bond donors (Lipinski definition) is 1. The molecule has 0 saturated carbocycles. The highest BCUT2D eigenvalue weighted by Crippen LogP contribution is 2.25. The Kier molecular flexibility index (Phi) is 6.04. The minimum absolute atomic E-state index is 0.748. The average Bonchev–Trinajstić information content (AvgIpc) is 2.78. The molecule has 0 spiro atoms. The van der Waals surface area contributed by atoms with Crippen molar-refractivity contribution in [2.45, 2.75) is 44.4 Å². The van der Waals surface area contributed by atoms with Gasteiger partial charge in [0.1, 0.15) is 0 Å². The molecule has 2 heterocycles. The maximum atomic E-state index is 5.11. The Balaban J connectivity index is 1.83. The maximum Gasteiger partial charge on any atom is 0.203 e. The van der Waals surface area contributed by atoms with Crippen LogP contribution in [0.3, 0.4) is 0 Å². The topological polar surface area (TPSA) is 39.1 Å². The van der Waals surface area contributed by atoms with Gasteiger partial charge in [-0.1, -0.05) is 6.42 Å². The fraction of sp³-hybridized carbons (Fsp3) is 0.786. The lowest BCUT2D eigenvalue weighted by atomic mass is 10.2. The van der Waals surface area contributed by atoms with Crippen LogP contribution in [0.25, 0.3) is 0 Å². The molecule has 19 heavy (non-hydrogen) atoms. The van der Waals surface area contributed by atoms with Crippen LogP contribution >= 0.6 is 11.8 Å². The van der Waals surface area contributed by atoms with Gasteiger partial charge in [0.15, 0.2) is 0 Å². The highest BCUT2D eigenvalue weighted by Gasteiger charge is 2.14. The van der Waals surface area contributed by atoms with Crippen molar-refractivity contribution in [2.24, 2.45) is 0 Å². The Labute approximate surface area is 120 Å². The van der Waals surface area contributed by atoms with E-state index in [-0.39, 0.29) is 0 Å². The molecule has 5 heteroatoms. The van der Waals surface area contributed by atoms with Gasteiger partial charge in [0, 0.05) is 38.3 Å². The first kappa shape index (κ1) is 14.7. The molecule has 1 aromatic rings. The SMILES string of the molecule is COCCCn1cc(C)nc1NCC1CCCCS1. The quantitative estimate of drug-likeness (QED) is 0.781. The van der Waals surface area contributed by atoms with Crippen LogP contribution < -0.4 is 5.32 Å². The highest BCUT2D eigenvalue weighted by molar-refractivity contribution is 7.99. The predicted octanol–water partition coefficient (Wildman–Crippen LogP) is 2.93. The van der Waals surface area contributed by atoms with Gasteiger partial charge in [-0.25, -0.2) is 4.98 Å². The third-order valence-corrected chi connectivity index (χ3v) is 4.80. The van der Waals surface area contributed by atoms with Gasteiger partial charge in [-0.2, -0.15) is 11.8 Å². The number of imidazole rings is 1. The van der Waals surface area contributed by atoms with Crippen molar-refractivity contribution in [2.75, 3.05) is 31.3 Å². The van der Waals surface area contributed by atoms with Gasteiger partial charge < -0.3 is 14.6 Å². The number of thioether (sulfide) groups is 1. The van der Waals surface area contributed by atoms with E-state index >= 15 is 0 Å². The van der Waals surface area contributed by atoms with E-state index in [4.69, 9.17) is 4.74 Å². The van der Waals surface area contributed by atoms with Gasteiger partial charge in [0.25, 0.3) is 0 Å². The second kappa shape index (κ2) is 7.80. The van der Waals surface area contributed by atoms with Crippen LogP contribution in [0.15, 0.2) is 6.20 Å². The van der Waals surface area contributed by atoms with Crippen LogP contribution in [-0.4, -0.2) is 40.8 Å². The molecule has 1 atom stereocenters. The summed E-state index contributed by atoms with van der Waals surface area (Å²) in [5.74, 6) is 2.33. The lowest BCUT2D eigenvalue weighted by molar-refractivity contribution is 0.190. The summed E-state index contributed by atoms with van der Waals surface area (Å²) in [5, 5.41) is 4.27. The molecular formula is C14H25N3OS. The molecule has 1 unspecified atom stereocenters. The second-order valence-electron chi connectivity index (χ2n) is 5.12. The minimum atomic E-state index is 0.748. The second-order valence-corrected chi connectivity index (χ2v) is 6.52. The third-order valence-electron chi connectivity index (χ3n) is 3.41. The van der Waals surface area contributed by atoms with Gasteiger partial charge >= 0.3 is 0 Å². The van der Waals surface area contributed by atoms with Crippen molar-refractivity contribution in [1.82, 2.24) is 9.55 Å². The summed E-state index contributed by atoms with van der Waals surface area (Å²) < 4.78 is 7.32. The van der Waals surface area contributed by atoms with Crippen molar-refractivity contribution in [3.05, 3.63) is 11.9 Å². The van der Waals surface area contributed by atoms with Crippen LogP contribution in [0.4, 0.5) is 5.95 Å². The molecule has 1 saturated heterocycles. The van der Waals surface area contributed by atoms with E-state index in [1.54, 1.807) is 7.11 Å². The molecule has 1 N–H and O–H groups in total. The molecule has 0 radical (unpaired) electrons. The molecule has 0 bridgehead atoms. The predicted molar refractivity (Wildman–Crippen MR) is 82.0 cm³/mol. The number of ether oxygens (including phenoxy) is 1. The van der Waals surface area contributed by atoms with E-state index < -0.39 is 0 Å².